The number of aliphatic carboxylic acids is 2. The second-order valence-electron chi connectivity index (χ2n) is 5.40. The molecule has 0 saturated heterocycles. The molecule has 2 N–H and O–H groups in total. The maximum absolute atomic E-state index is 11.4. The van der Waals surface area contributed by atoms with Crippen molar-refractivity contribution >= 4 is 11.9 Å². The molecule has 1 aromatic rings. The summed E-state index contributed by atoms with van der Waals surface area (Å²) in [5, 5.41) is 17.9. The summed E-state index contributed by atoms with van der Waals surface area (Å²) in [5.41, 5.74) is 0.747. The van der Waals surface area contributed by atoms with E-state index in [1.807, 2.05) is 0 Å². The molecule has 0 aromatic heterocycles. The van der Waals surface area contributed by atoms with E-state index in [4.69, 9.17) is 9.84 Å². The summed E-state index contributed by atoms with van der Waals surface area (Å²) < 4.78 is 5.03. The topological polar surface area (TPSA) is 83.8 Å². The summed E-state index contributed by atoms with van der Waals surface area (Å²) in [7, 11) is 0. The van der Waals surface area contributed by atoms with E-state index in [0.29, 0.717) is 11.7 Å². The van der Waals surface area contributed by atoms with E-state index in [2.05, 4.69) is 6.92 Å². The largest absolute Gasteiger partial charge is 0.482 e. The van der Waals surface area contributed by atoms with Crippen molar-refractivity contribution in [2.24, 2.45) is 11.8 Å². The molecule has 0 bridgehead atoms. The quantitative estimate of drug-likeness (QED) is 0.834. The van der Waals surface area contributed by atoms with E-state index in [1.165, 1.54) is 0 Å². The third-order valence-electron chi connectivity index (χ3n) is 3.75. The number of hydrogen-bond donors (Lipinski definition) is 2. The van der Waals surface area contributed by atoms with Gasteiger partial charge in [0.1, 0.15) is 5.75 Å². The van der Waals surface area contributed by atoms with Crippen LogP contribution in [0.2, 0.25) is 0 Å². The van der Waals surface area contributed by atoms with Crippen LogP contribution in [0.3, 0.4) is 0 Å². The van der Waals surface area contributed by atoms with E-state index in [1.54, 1.807) is 24.3 Å². The summed E-state index contributed by atoms with van der Waals surface area (Å²) >= 11 is 0. The lowest BCUT2D eigenvalue weighted by Crippen LogP contribution is -2.31. The second-order valence-corrected chi connectivity index (χ2v) is 5.40. The van der Waals surface area contributed by atoms with Crippen molar-refractivity contribution in [3.63, 3.8) is 0 Å². The lowest BCUT2D eigenvalue weighted by Gasteiger charge is -2.37. The summed E-state index contributed by atoms with van der Waals surface area (Å²) in [4.78, 5) is 21.8. The number of carboxylic acid groups (broad SMARTS) is 2. The average molecular weight is 278 g/mol. The standard InChI is InChI=1S/C15H18O5/c1-9-6-11(7-9)14(15(18)19)10-2-4-12(5-3-10)20-8-13(16)17/h2-5,9,11,14H,6-8H2,1H3,(H,16,17)(H,18,19)/t9?,11?,14-/m1/s1. The van der Waals surface area contributed by atoms with Crippen LogP contribution in [0.1, 0.15) is 31.2 Å². The molecule has 0 spiro atoms. The molecule has 0 heterocycles. The van der Waals surface area contributed by atoms with Crippen molar-refractivity contribution in [2.45, 2.75) is 25.7 Å². The SMILES string of the molecule is CC1CC([C@H](C(=O)O)c2ccc(OCC(=O)O)cc2)C1. The number of carboxylic acids is 2. The van der Waals surface area contributed by atoms with Gasteiger partial charge in [0.25, 0.3) is 0 Å². The normalized spacial score (nSPS) is 22.6. The smallest absolute Gasteiger partial charge is 0.341 e. The first-order valence-electron chi connectivity index (χ1n) is 6.64. The molecular formula is C15H18O5. The molecule has 0 aliphatic heterocycles. The Morgan fingerprint density at radius 1 is 1.25 bits per heavy atom. The summed E-state index contributed by atoms with van der Waals surface area (Å²) in [5.74, 6) is -1.11. The molecule has 5 nitrogen and oxygen atoms in total. The van der Waals surface area contributed by atoms with E-state index in [9.17, 15) is 14.7 Å². The minimum atomic E-state index is -1.04. The van der Waals surface area contributed by atoms with Crippen molar-refractivity contribution in [1.29, 1.82) is 0 Å². The van der Waals surface area contributed by atoms with Crippen LogP contribution in [0.25, 0.3) is 0 Å². The Hall–Kier alpha value is -2.04. The Morgan fingerprint density at radius 2 is 1.85 bits per heavy atom. The van der Waals surface area contributed by atoms with Crippen LogP contribution >= 0.6 is 0 Å². The van der Waals surface area contributed by atoms with Crippen LogP contribution in [-0.2, 0) is 9.59 Å². The van der Waals surface area contributed by atoms with Crippen molar-refractivity contribution in [3.8, 4) is 5.75 Å². The van der Waals surface area contributed by atoms with Crippen LogP contribution < -0.4 is 4.74 Å². The Morgan fingerprint density at radius 3 is 2.30 bits per heavy atom. The van der Waals surface area contributed by atoms with Crippen LogP contribution in [0, 0.1) is 11.8 Å². The van der Waals surface area contributed by atoms with Gasteiger partial charge in [-0.1, -0.05) is 19.1 Å². The van der Waals surface area contributed by atoms with Gasteiger partial charge in [0.15, 0.2) is 6.61 Å². The van der Waals surface area contributed by atoms with Crippen molar-refractivity contribution in [3.05, 3.63) is 29.8 Å². The number of benzene rings is 1. The molecule has 1 aliphatic rings. The van der Waals surface area contributed by atoms with Gasteiger partial charge in [-0.25, -0.2) is 4.79 Å². The van der Waals surface area contributed by atoms with Crippen molar-refractivity contribution in [1.82, 2.24) is 0 Å². The molecule has 20 heavy (non-hydrogen) atoms. The summed E-state index contributed by atoms with van der Waals surface area (Å²) in [6, 6.07) is 6.66. The Balaban J connectivity index is 2.06. The number of carbonyl (C=O) groups is 2. The van der Waals surface area contributed by atoms with Gasteiger partial charge in [-0.15, -0.1) is 0 Å². The molecule has 1 fully saturated rings. The highest BCUT2D eigenvalue weighted by Crippen LogP contribution is 2.43. The minimum Gasteiger partial charge on any atom is -0.482 e. The molecule has 1 aliphatic carbocycles. The van der Waals surface area contributed by atoms with Gasteiger partial charge in [0.2, 0.25) is 0 Å². The van der Waals surface area contributed by atoms with E-state index >= 15 is 0 Å². The third kappa shape index (κ3) is 3.29. The maximum atomic E-state index is 11.4. The molecule has 1 saturated carbocycles. The molecule has 0 unspecified atom stereocenters. The van der Waals surface area contributed by atoms with E-state index < -0.39 is 24.5 Å². The molecule has 5 heteroatoms. The highest BCUT2D eigenvalue weighted by atomic mass is 16.5. The van der Waals surface area contributed by atoms with Crippen LogP contribution in [0.5, 0.6) is 5.75 Å². The predicted octanol–water partition coefficient (Wildman–Crippen LogP) is 2.36. The maximum Gasteiger partial charge on any atom is 0.341 e. The number of rotatable bonds is 6. The molecular weight excluding hydrogens is 260 g/mol. The van der Waals surface area contributed by atoms with E-state index in [0.717, 1.165) is 18.4 Å². The minimum absolute atomic E-state index is 0.188. The van der Waals surface area contributed by atoms with Crippen molar-refractivity contribution in [2.75, 3.05) is 6.61 Å². The second kappa shape index (κ2) is 5.94. The lowest BCUT2D eigenvalue weighted by atomic mass is 9.67. The van der Waals surface area contributed by atoms with Gasteiger partial charge in [-0.3, -0.25) is 4.79 Å². The van der Waals surface area contributed by atoms with Crippen LogP contribution in [0.15, 0.2) is 24.3 Å². The monoisotopic (exact) mass is 278 g/mol. The van der Waals surface area contributed by atoms with E-state index in [-0.39, 0.29) is 5.92 Å². The van der Waals surface area contributed by atoms with Gasteiger partial charge in [-0.2, -0.15) is 0 Å². The van der Waals surface area contributed by atoms with Crippen LogP contribution in [-0.4, -0.2) is 28.8 Å². The molecule has 108 valence electrons. The molecule has 1 atom stereocenters. The van der Waals surface area contributed by atoms with Crippen molar-refractivity contribution < 1.29 is 24.5 Å². The Bertz CT molecular complexity index is 487. The lowest BCUT2D eigenvalue weighted by molar-refractivity contribution is -0.141. The van der Waals surface area contributed by atoms with Gasteiger partial charge in [0.05, 0.1) is 5.92 Å². The Kier molecular flexibility index (Phi) is 4.27. The van der Waals surface area contributed by atoms with Gasteiger partial charge >= 0.3 is 11.9 Å². The number of ether oxygens (including phenoxy) is 1. The molecule has 0 amide bonds. The van der Waals surface area contributed by atoms with Crippen LogP contribution in [0.4, 0.5) is 0 Å². The van der Waals surface area contributed by atoms with Gasteiger partial charge in [-0.05, 0) is 42.4 Å². The van der Waals surface area contributed by atoms with Gasteiger partial charge in [0, 0.05) is 0 Å². The predicted molar refractivity (Wildman–Crippen MR) is 71.8 cm³/mol. The number of hydrogen-bond acceptors (Lipinski definition) is 3. The third-order valence-corrected chi connectivity index (χ3v) is 3.75. The molecule has 1 aromatic carbocycles. The zero-order chi connectivity index (χ0) is 14.7. The fraction of sp³-hybridized carbons (Fsp3) is 0.467. The fourth-order valence-electron chi connectivity index (χ4n) is 2.77. The summed E-state index contributed by atoms with van der Waals surface area (Å²) in [6.45, 7) is 1.72. The first-order valence-corrected chi connectivity index (χ1v) is 6.64. The highest BCUT2D eigenvalue weighted by molar-refractivity contribution is 5.76. The molecule has 0 radical (unpaired) electrons. The first-order chi connectivity index (χ1) is 9.47. The average Bonchev–Trinajstić information content (AvgIpc) is 2.35. The fourth-order valence-corrected chi connectivity index (χ4v) is 2.77. The Labute approximate surface area is 117 Å². The van der Waals surface area contributed by atoms with Gasteiger partial charge < -0.3 is 14.9 Å². The zero-order valence-electron chi connectivity index (χ0n) is 11.3. The zero-order valence-corrected chi connectivity index (χ0v) is 11.3. The molecule has 2 rings (SSSR count). The first kappa shape index (κ1) is 14.4. The highest BCUT2D eigenvalue weighted by Gasteiger charge is 2.37. The summed E-state index contributed by atoms with van der Waals surface area (Å²) in [6.07, 6.45) is 1.88.